The number of rotatable bonds is 16. The fourth-order valence-electron chi connectivity index (χ4n) is 5.78. The molecule has 2 aromatic rings. The van der Waals surface area contributed by atoms with Gasteiger partial charge in [0.1, 0.15) is 11.5 Å². The second kappa shape index (κ2) is 15.6. The Hall–Kier alpha value is -2.55. The van der Waals surface area contributed by atoms with E-state index in [4.69, 9.17) is 4.74 Å². The van der Waals surface area contributed by atoms with E-state index in [0.717, 1.165) is 74.7 Å². The summed E-state index contributed by atoms with van der Waals surface area (Å²) in [5, 5.41) is 11.1. The molecular formula is C34H50O3. The molecule has 0 aromatic heterocycles. The van der Waals surface area contributed by atoms with Crippen molar-refractivity contribution in [1.82, 2.24) is 0 Å². The lowest BCUT2D eigenvalue weighted by atomic mass is 9.83. The number of aromatic hydroxyl groups is 1. The van der Waals surface area contributed by atoms with Crippen LogP contribution in [0.25, 0.3) is 6.08 Å². The van der Waals surface area contributed by atoms with Crippen LogP contribution in [0.4, 0.5) is 0 Å². The first-order valence-corrected chi connectivity index (χ1v) is 14.7. The Kier molecular flexibility index (Phi) is 13.0. The number of phenolic OH excluding ortho intramolecular Hbond substituents is 1. The Morgan fingerprint density at radius 1 is 0.865 bits per heavy atom. The summed E-state index contributed by atoms with van der Waals surface area (Å²) in [5.74, 6) is 1.99. The van der Waals surface area contributed by atoms with Crippen LogP contribution < -0.4 is 4.74 Å². The van der Waals surface area contributed by atoms with E-state index in [-0.39, 0.29) is 17.5 Å². The maximum Gasteiger partial charge on any atom is 0.189 e. The largest absolute Gasteiger partial charge is 0.507 e. The first-order chi connectivity index (χ1) is 17.9. The number of benzene rings is 2. The first kappa shape index (κ1) is 30.7. The minimum atomic E-state index is -0.162. The van der Waals surface area contributed by atoms with Gasteiger partial charge >= 0.3 is 0 Å². The number of carbonyl (C=O) groups excluding carboxylic acids is 1. The van der Waals surface area contributed by atoms with E-state index in [0.29, 0.717) is 17.4 Å². The van der Waals surface area contributed by atoms with Gasteiger partial charge in [0.05, 0.1) is 12.7 Å². The van der Waals surface area contributed by atoms with Crippen LogP contribution in [0.5, 0.6) is 11.5 Å². The quantitative estimate of drug-likeness (QED) is 0.182. The number of carbonyl (C=O) groups is 1. The highest BCUT2D eigenvalue weighted by atomic mass is 16.5. The standard InChI is InChI=1S/C34H50O3/c1-8-15-24(11-4)28-22-27(33(32(23-28)37-7)26(13-6)17-10-3)20-21-31(35)30-19-14-18-29(34(30)36)25(12-5)16-9-2/h14,18-26,36H,8-13,15-17H2,1-7H3/b21-20+. The number of allylic oxidation sites excluding steroid dienone is 1. The van der Waals surface area contributed by atoms with Gasteiger partial charge in [-0.2, -0.15) is 0 Å². The van der Waals surface area contributed by atoms with E-state index < -0.39 is 0 Å². The molecule has 0 aliphatic carbocycles. The SMILES string of the molecule is CCCC(CC)c1cc(/C=C/C(=O)c2cccc(C(CC)CCC)c2O)c(C(CC)CCC)c(OC)c1. The van der Waals surface area contributed by atoms with Crippen molar-refractivity contribution in [3.05, 3.63) is 64.2 Å². The smallest absolute Gasteiger partial charge is 0.189 e. The van der Waals surface area contributed by atoms with Crippen molar-refractivity contribution in [3.8, 4) is 11.5 Å². The van der Waals surface area contributed by atoms with Gasteiger partial charge in [-0.3, -0.25) is 4.79 Å². The highest BCUT2D eigenvalue weighted by molar-refractivity contribution is 6.09. The summed E-state index contributed by atoms with van der Waals surface area (Å²) in [7, 11) is 1.75. The Labute approximate surface area is 226 Å². The zero-order chi connectivity index (χ0) is 27.4. The van der Waals surface area contributed by atoms with Crippen molar-refractivity contribution < 1.29 is 14.6 Å². The Bertz CT molecular complexity index is 1020. The second-order valence-electron chi connectivity index (χ2n) is 10.3. The Morgan fingerprint density at radius 3 is 2.03 bits per heavy atom. The molecular weight excluding hydrogens is 456 g/mol. The molecule has 0 heterocycles. The van der Waals surface area contributed by atoms with Gasteiger partial charge in [-0.15, -0.1) is 0 Å². The number of para-hydroxylation sites is 1. The van der Waals surface area contributed by atoms with E-state index in [9.17, 15) is 9.90 Å². The highest BCUT2D eigenvalue weighted by Crippen LogP contribution is 2.40. The number of ketones is 1. The summed E-state index contributed by atoms with van der Waals surface area (Å²) in [6.45, 7) is 13.2. The van der Waals surface area contributed by atoms with Gasteiger partial charge in [-0.1, -0.05) is 85.1 Å². The lowest BCUT2D eigenvalue weighted by Gasteiger charge is -2.24. The average Bonchev–Trinajstić information content (AvgIpc) is 2.91. The molecule has 3 atom stereocenters. The van der Waals surface area contributed by atoms with Gasteiger partial charge < -0.3 is 9.84 Å². The van der Waals surface area contributed by atoms with Gasteiger partial charge in [-0.05, 0) is 91.2 Å². The van der Waals surface area contributed by atoms with Crippen LogP contribution in [-0.2, 0) is 0 Å². The third kappa shape index (κ3) is 7.72. The molecule has 2 rings (SSSR count). The maximum atomic E-state index is 13.4. The van der Waals surface area contributed by atoms with Crippen molar-refractivity contribution in [2.24, 2.45) is 0 Å². The van der Waals surface area contributed by atoms with Gasteiger partial charge in [0.2, 0.25) is 0 Å². The fourth-order valence-corrected chi connectivity index (χ4v) is 5.78. The van der Waals surface area contributed by atoms with E-state index in [2.05, 4.69) is 53.7 Å². The van der Waals surface area contributed by atoms with Crippen LogP contribution >= 0.6 is 0 Å². The topological polar surface area (TPSA) is 46.5 Å². The van der Waals surface area contributed by atoms with Crippen LogP contribution in [-0.4, -0.2) is 18.0 Å². The van der Waals surface area contributed by atoms with E-state index in [1.165, 1.54) is 11.1 Å². The molecule has 1 N–H and O–H groups in total. The van der Waals surface area contributed by atoms with Crippen molar-refractivity contribution in [1.29, 1.82) is 0 Å². The number of hydrogen-bond acceptors (Lipinski definition) is 3. The molecule has 0 fully saturated rings. The summed E-state index contributed by atoms with van der Waals surface area (Å²) in [6.07, 6.45) is 13.1. The summed E-state index contributed by atoms with van der Waals surface area (Å²) in [5.41, 5.74) is 4.79. The summed E-state index contributed by atoms with van der Waals surface area (Å²) >= 11 is 0. The van der Waals surface area contributed by atoms with Crippen LogP contribution in [0.1, 0.15) is 150 Å². The molecule has 37 heavy (non-hydrogen) atoms. The average molecular weight is 507 g/mol. The normalized spacial score (nSPS) is 14.0. The lowest BCUT2D eigenvalue weighted by Crippen LogP contribution is -2.07. The van der Waals surface area contributed by atoms with Crippen LogP contribution in [0.15, 0.2) is 36.4 Å². The lowest BCUT2D eigenvalue weighted by molar-refractivity contribution is 0.104. The zero-order valence-electron chi connectivity index (χ0n) is 24.4. The fraction of sp³-hybridized carbons (Fsp3) is 0.559. The van der Waals surface area contributed by atoms with Crippen molar-refractivity contribution in [3.63, 3.8) is 0 Å². The molecule has 0 saturated heterocycles. The van der Waals surface area contributed by atoms with Gasteiger partial charge in [0.15, 0.2) is 5.78 Å². The number of phenols is 1. The number of ether oxygens (including phenoxy) is 1. The molecule has 0 radical (unpaired) electrons. The summed E-state index contributed by atoms with van der Waals surface area (Å²) < 4.78 is 5.96. The molecule has 2 aromatic carbocycles. The monoisotopic (exact) mass is 506 g/mol. The van der Waals surface area contributed by atoms with Crippen LogP contribution in [0.3, 0.4) is 0 Å². The number of hydrogen-bond donors (Lipinski definition) is 1. The predicted octanol–water partition coefficient (Wildman–Crippen LogP) is 10.2. The number of methoxy groups -OCH3 is 1. The third-order valence-corrected chi connectivity index (χ3v) is 7.87. The molecule has 3 heteroatoms. The molecule has 3 nitrogen and oxygen atoms in total. The molecule has 0 amide bonds. The van der Waals surface area contributed by atoms with Crippen molar-refractivity contribution >= 4 is 11.9 Å². The van der Waals surface area contributed by atoms with Crippen LogP contribution in [0, 0.1) is 0 Å². The zero-order valence-corrected chi connectivity index (χ0v) is 24.4. The Balaban J connectivity index is 2.59. The molecule has 0 spiro atoms. The second-order valence-corrected chi connectivity index (χ2v) is 10.3. The van der Waals surface area contributed by atoms with Gasteiger partial charge in [0.25, 0.3) is 0 Å². The van der Waals surface area contributed by atoms with Crippen molar-refractivity contribution in [2.75, 3.05) is 7.11 Å². The highest BCUT2D eigenvalue weighted by Gasteiger charge is 2.22. The first-order valence-electron chi connectivity index (χ1n) is 14.7. The molecule has 0 aliphatic rings. The molecule has 3 unspecified atom stereocenters. The molecule has 0 saturated carbocycles. The molecule has 204 valence electrons. The molecule has 0 aliphatic heterocycles. The third-order valence-electron chi connectivity index (χ3n) is 7.87. The van der Waals surface area contributed by atoms with Gasteiger partial charge in [-0.25, -0.2) is 0 Å². The van der Waals surface area contributed by atoms with E-state index in [1.54, 1.807) is 19.3 Å². The van der Waals surface area contributed by atoms with E-state index >= 15 is 0 Å². The maximum absolute atomic E-state index is 13.4. The summed E-state index contributed by atoms with van der Waals surface area (Å²) in [6, 6.07) is 10.1. The van der Waals surface area contributed by atoms with Gasteiger partial charge in [0, 0.05) is 5.56 Å². The minimum Gasteiger partial charge on any atom is -0.507 e. The Morgan fingerprint density at radius 2 is 1.46 bits per heavy atom. The van der Waals surface area contributed by atoms with Crippen molar-refractivity contribution in [2.45, 2.75) is 117 Å². The minimum absolute atomic E-state index is 0.135. The molecule has 0 bridgehead atoms. The predicted molar refractivity (Wildman–Crippen MR) is 158 cm³/mol. The van der Waals surface area contributed by atoms with Crippen LogP contribution in [0.2, 0.25) is 0 Å². The summed E-state index contributed by atoms with van der Waals surface area (Å²) in [4.78, 5) is 13.4. The van der Waals surface area contributed by atoms with E-state index in [1.807, 2.05) is 18.2 Å².